The summed E-state index contributed by atoms with van der Waals surface area (Å²) < 4.78 is 5.87. The van der Waals surface area contributed by atoms with Gasteiger partial charge in [0.25, 0.3) is 0 Å². The summed E-state index contributed by atoms with van der Waals surface area (Å²) in [6, 6.07) is 5.49. The van der Waals surface area contributed by atoms with Crippen LogP contribution in [0.1, 0.15) is 5.82 Å². The van der Waals surface area contributed by atoms with E-state index in [4.69, 9.17) is 9.68 Å². The van der Waals surface area contributed by atoms with E-state index in [1.807, 2.05) is 6.07 Å². The maximum absolute atomic E-state index is 8.43. The van der Waals surface area contributed by atoms with Gasteiger partial charge in [-0.05, 0) is 28.1 Å². The molecule has 0 amide bonds. The summed E-state index contributed by atoms with van der Waals surface area (Å²) in [4.78, 5) is 4.08. The lowest BCUT2D eigenvalue weighted by molar-refractivity contribution is 0.551. The molecule has 0 spiro atoms. The van der Waals surface area contributed by atoms with Crippen LogP contribution in [0.5, 0.6) is 0 Å². The number of halogens is 1. The summed E-state index contributed by atoms with van der Waals surface area (Å²) in [5, 5.41) is 15.0. The summed E-state index contributed by atoms with van der Waals surface area (Å²) in [6.45, 7) is 0. The number of nitrogens with zero attached hydrogens (tertiary/aromatic N) is 3. The molecule has 0 aliphatic heterocycles. The van der Waals surface area contributed by atoms with Crippen molar-refractivity contribution < 1.29 is 4.42 Å². The second-order valence-electron chi connectivity index (χ2n) is 2.54. The van der Waals surface area contributed by atoms with E-state index in [0.29, 0.717) is 22.1 Å². The molecular weight excluding hydrogens is 248 g/mol. The van der Waals surface area contributed by atoms with Crippen molar-refractivity contribution in [1.29, 1.82) is 5.26 Å². The van der Waals surface area contributed by atoms with Gasteiger partial charge in [0.15, 0.2) is 10.4 Å². The van der Waals surface area contributed by atoms with Crippen LogP contribution in [0.3, 0.4) is 0 Å². The number of aromatic nitrogens is 3. The van der Waals surface area contributed by atoms with Gasteiger partial charge in [-0.15, -0.1) is 0 Å². The van der Waals surface area contributed by atoms with Crippen LogP contribution in [0.15, 0.2) is 21.2 Å². The third kappa shape index (κ3) is 1.67. The van der Waals surface area contributed by atoms with Crippen molar-refractivity contribution in [1.82, 2.24) is 15.2 Å². The van der Waals surface area contributed by atoms with Crippen LogP contribution in [0, 0.1) is 11.3 Å². The Hall–Kier alpha value is -1.61. The van der Waals surface area contributed by atoms with Crippen molar-refractivity contribution in [3.05, 3.63) is 22.6 Å². The van der Waals surface area contributed by atoms with Gasteiger partial charge in [0, 0.05) is 0 Å². The molecule has 0 saturated carbocycles. The molecule has 2 aromatic rings. The topological polar surface area (TPSA) is 78.5 Å². The molecule has 0 radical (unpaired) electrons. The third-order valence-electron chi connectivity index (χ3n) is 1.57. The predicted molar refractivity (Wildman–Crippen MR) is 51.1 cm³/mol. The van der Waals surface area contributed by atoms with E-state index in [1.54, 1.807) is 12.1 Å². The van der Waals surface area contributed by atoms with Crippen LogP contribution in [0.25, 0.3) is 11.6 Å². The predicted octanol–water partition coefficient (Wildman–Crippen LogP) is 1.89. The highest BCUT2D eigenvalue weighted by atomic mass is 79.9. The fraction of sp³-hybridized carbons (Fsp3) is 0.125. The van der Waals surface area contributed by atoms with E-state index in [-0.39, 0.29) is 6.42 Å². The highest BCUT2D eigenvalue weighted by molar-refractivity contribution is 9.10. The van der Waals surface area contributed by atoms with E-state index < -0.39 is 0 Å². The van der Waals surface area contributed by atoms with Crippen LogP contribution in [-0.4, -0.2) is 15.2 Å². The Bertz CT molecular complexity index is 481. The highest BCUT2D eigenvalue weighted by Gasteiger charge is 2.09. The van der Waals surface area contributed by atoms with Gasteiger partial charge < -0.3 is 4.42 Å². The summed E-state index contributed by atoms with van der Waals surface area (Å²) in [6.07, 6.45) is 0.217. The van der Waals surface area contributed by atoms with Crippen molar-refractivity contribution in [3.8, 4) is 17.7 Å². The lowest BCUT2D eigenvalue weighted by atomic mass is 10.4. The molecule has 0 aromatic carbocycles. The zero-order valence-corrected chi connectivity index (χ0v) is 8.58. The van der Waals surface area contributed by atoms with E-state index in [9.17, 15) is 0 Å². The Morgan fingerprint density at radius 3 is 3.07 bits per heavy atom. The monoisotopic (exact) mass is 252 g/mol. The smallest absolute Gasteiger partial charge is 0.217 e. The molecular formula is C8H5BrN4O. The first kappa shape index (κ1) is 8.97. The minimum absolute atomic E-state index is 0.217. The summed E-state index contributed by atoms with van der Waals surface area (Å²) in [7, 11) is 0. The average molecular weight is 253 g/mol. The zero-order chi connectivity index (χ0) is 9.97. The molecule has 0 unspecified atom stereocenters. The number of aromatic amines is 1. The fourth-order valence-corrected chi connectivity index (χ4v) is 1.30. The minimum atomic E-state index is 0.217. The maximum atomic E-state index is 8.43. The van der Waals surface area contributed by atoms with Gasteiger partial charge in [0.05, 0.1) is 12.5 Å². The summed E-state index contributed by atoms with van der Waals surface area (Å²) in [5.41, 5.74) is 0. The van der Waals surface area contributed by atoms with Gasteiger partial charge in [-0.2, -0.15) is 10.4 Å². The van der Waals surface area contributed by atoms with Crippen molar-refractivity contribution in [2.75, 3.05) is 0 Å². The second-order valence-corrected chi connectivity index (χ2v) is 3.33. The van der Waals surface area contributed by atoms with Crippen molar-refractivity contribution in [2.45, 2.75) is 6.42 Å². The first-order valence-corrected chi connectivity index (χ1v) is 4.63. The Morgan fingerprint density at radius 1 is 1.57 bits per heavy atom. The van der Waals surface area contributed by atoms with Crippen LogP contribution >= 0.6 is 15.9 Å². The molecule has 14 heavy (non-hydrogen) atoms. The Morgan fingerprint density at radius 2 is 2.43 bits per heavy atom. The first-order chi connectivity index (χ1) is 6.79. The van der Waals surface area contributed by atoms with Gasteiger partial charge in [0.1, 0.15) is 5.82 Å². The molecule has 70 valence electrons. The number of rotatable bonds is 2. The first-order valence-electron chi connectivity index (χ1n) is 3.83. The Labute approximate surface area is 87.9 Å². The third-order valence-corrected chi connectivity index (χ3v) is 2.00. The van der Waals surface area contributed by atoms with Gasteiger partial charge >= 0.3 is 0 Å². The van der Waals surface area contributed by atoms with Crippen LogP contribution in [0.2, 0.25) is 0 Å². The van der Waals surface area contributed by atoms with Gasteiger partial charge in [-0.1, -0.05) is 0 Å². The number of furan rings is 1. The molecule has 0 aliphatic rings. The largest absolute Gasteiger partial charge is 0.446 e. The van der Waals surface area contributed by atoms with Gasteiger partial charge in [-0.3, -0.25) is 5.10 Å². The van der Waals surface area contributed by atoms with Crippen molar-refractivity contribution >= 4 is 15.9 Å². The molecule has 0 fully saturated rings. The molecule has 0 saturated heterocycles. The molecule has 1 N–H and O–H groups in total. The molecule has 2 heterocycles. The number of nitriles is 1. The molecule has 2 rings (SSSR count). The summed E-state index contributed by atoms with van der Waals surface area (Å²) >= 11 is 3.18. The molecule has 5 nitrogen and oxygen atoms in total. The van der Waals surface area contributed by atoms with Crippen molar-refractivity contribution in [2.24, 2.45) is 0 Å². The number of H-pyrrole nitrogens is 1. The number of nitrogens with one attached hydrogen (secondary N) is 1. The van der Waals surface area contributed by atoms with Crippen LogP contribution in [-0.2, 0) is 6.42 Å². The lowest BCUT2D eigenvalue weighted by Gasteiger charge is -1.84. The normalized spacial score (nSPS) is 10.0. The molecule has 0 atom stereocenters. The highest BCUT2D eigenvalue weighted by Crippen LogP contribution is 2.21. The SMILES string of the molecule is N#CCc1nc(-c2ccc(Br)o2)n[nH]1. The van der Waals surface area contributed by atoms with Crippen LogP contribution < -0.4 is 0 Å². The lowest BCUT2D eigenvalue weighted by Crippen LogP contribution is -1.83. The second kappa shape index (κ2) is 3.64. The van der Waals surface area contributed by atoms with E-state index in [0.717, 1.165) is 0 Å². The van der Waals surface area contributed by atoms with Gasteiger partial charge in [-0.25, -0.2) is 4.98 Å². The average Bonchev–Trinajstić information content (AvgIpc) is 2.74. The van der Waals surface area contributed by atoms with E-state index in [1.165, 1.54) is 0 Å². The molecule has 2 aromatic heterocycles. The number of hydrogen-bond acceptors (Lipinski definition) is 4. The minimum Gasteiger partial charge on any atom is -0.446 e. The Kier molecular flexibility index (Phi) is 2.33. The fourth-order valence-electron chi connectivity index (χ4n) is 0.994. The summed E-state index contributed by atoms with van der Waals surface area (Å²) in [5.74, 6) is 1.56. The molecule has 0 bridgehead atoms. The van der Waals surface area contributed by atoms with Crippen LogP contribution in [0.4, 0.5) is 0 Å². The van der Waals surface area contributed by atoms with E-state index in [2.05, 4.69) is 31.1 Å². The van der Waals surface area contributed by atoms with Gasteiger partial charge in [0.2, 0.25) is 5.82 Å². The zero-order valence-electron chi connectivity index (χ0n) is 6.99. The standard InChI is InChI=1S/C8H5BrN4O/c9-6-2-1-5(14-6)8-11-7(3-4-10)12-13-8/h1-2H,3H2,(H,11,12,13). The van der Waals surface area contributed by atoms with Crippen molar-refractivity contribution in [3.63, 3.8) is 0 Å². The molecule has 6 heteroatoms. The molecule has 0 aliphatic carbocycles. The van der Waals surface area contributed by atoms with E-state index >= 15 is 0 Å². The number of hydrogen-bond donors (Lipinski definition) is 1. The Balaban J connectivity index is 2.30. The quantitative estimate of drug-likeness (QED) is 0.886. The maximum Gasteiger partial charge on any atom is 0.217 e.